The zero-order chi connectivity index (χ0) is 11.7. The van der Waals surface area contributed by atoms with Crippen LogP contribution in [0.1, 0.15) is 15.4 Å². The van der Waals surface area contributed by atoms with Crippen LogP contribution >= 0.6 is 11.3 Å². The van der Waals surface area contributed by atoms with E-state index in [4.69, 9.17) is 5.11 Å². The lowest BCUT2D eigenvalue weighted by Crippen LogP contribution is -1.94. The smallest absolute Gasteiger partial charge is 0.347 e. The first kappa shape index (κ1) is 10.6. The molecule has 7 heteroatoms. The van der Waals surface area contributed by atoms with E-state index < -0.39 is 5.97 Å². The molecule has 2 rings (SSSR count). The first-order valence-electron chi connectivity index (χ1n) is 4.52. The van der Waals surface area contributed by atoms with Crippen LogP contribution in [0.3, 0.4) is 0 Å². The Morgan fingerprint density at radius 3 is 2.88 bits per heavy atom. The molecule has 0 amide bonds. The van der Waals surface area contributed by atoms with E-state index in [1.54, 1.807) is 31.0 Å². The van der Waals surface area contributed by atoms with Crippen LogP contribution in [0, 0.1) is 6.92 Å². The van der Waals surface area contributed by atoms with E-state index in [1.807, 2.05) is 0 Å². The molecule has 0 atom stereocenters. The Labute approximate surface area is 95.6 Å². The second-order valence-electron chi connectivity index (χ2n) is 3.27. The van der Waals surface area contributed by atoms with Crippen LogP contribution in [-0.2, 0) is 7.05 Å². The SMILES string of the molecule is Cc1nc(Nc2cnn(C)c2)sc1C(=O)O. The van der Waals surface area contributed by atoms with Crippen molar-refractivity contribution in [1.82, 2.24) is 14.8 Å². The number of aromatic carboxylic acids is 1. The van der Waals surface area contributed by atoms with Crippen molar-refractivity contribution >= 4 is 28.1 Å². The molecule has 0 bridgehead atoms. The van der Waals surface area contributed by atoms with E-state index in [0.717, 1.165) is 17.0 Å². The number of hydrogen-bond donors (Lipinski definition) is 2. The van der Waals surface area contributed by atoms with Gasteiger partial charge >= 0.3 is 5.97 Å². The quantitative estimate of drug-likeness (QED) is 0.849. The molecule has 2 heterocycles. The van der Waals surface area contributed by atoms with Gasteiger partial charge in [-0.15, -0.1) is 0 Å². The average molecular weight is 238 g/mol. The third-order valence-electron chi connectivity index (χ3n) is 1.95. The molecule has 0 unspecified atom stereocenters. The highest BCUT2D eigenvalue weighted by molar-refractivity contribution is 7.17. The van der Waals surface area contributed by atoms with Crippen molar-refractivity contribution < 1.29 is 9.90 Å². The maximum atomic E-state index is 10.8. The van der Waals surface area contributed by atoms with Crippen LogP contribution in [0.5, 0.6) is 0 Å². The number of nitrogens with one attached hydrogen (secondary N) is 1. The second-order valence-corrected chi connectivity index (χ2v) is 4.27. The Kier molecular flexibility index (Phi) is 2.61. The van der Waals surface area contributed by atoms with E-state index in [1.165, 1.54) is 0 Å². The van der Waals surface area contributed by atoms with Gasteiger partial charge in [-0.2, -0.15) is 5.10 Å². The summed E-state index contributed by atoms with van der Waals surface area (Å²) >= 11 is 1.11. The molecule has 0 fully saturated rings. The van der Waals surface area contributed by atoms with Crippen molar-refractivity contribution in [3.8, 4) is 0 Å². The standard InChI is InChI=1S/C9H10N4O2S/c1-5-7(8(14)15)16-9(11-5)12-6-3-10-13(2)4-6/h3-4H,1-2H3,(H,11,12)(H,14,15). The van der Waals surface area contributed by atoms with Crippen LogP contribution in [0.25, 0.3) is 0 Å². The molecule has 0 radical (unpaired) electrons. The molecule has 0 aliphatic rings. The van der Waals surface area contributed by atoms with Crippen LogP contribution in [0.15, 0.2) is 12.4 Å². The molecule has 0 spiro atoms. The van der Waals surface area contributed by atoms with Crippen LogP contribution < -0.4 is 5.32 Å². The zero-order valence-electron chi connectivity index (χ0n) is 8.76. The third kappa shape index (κ3) is 2.03. The molecule has 0 aliphatic heterocycles. The van der Waals surface area contributed by atoms with Crippen molar-refractivity contribution in [3.63, 3.8) is 0 Å². The molecular weight excluding hydrogens is 228 g/mol. The summed E-state index contributed by atoms with van der Waals surface area (Å²) in [5, 5.41) is 16.4. The fourth-order valence-electron chi connectivity index (χ4n) is 1.26. The fourth-order valence-corrected chi connectivity index (χ4v) is 2.08. The molecule has 2 N–H and O–H groups in total. The number of hydrogen-bond acceptors (Lipinski definition) is 5. The molecule has 6 nitrogen and oxygen atoms in total. The molecule has 0 aliphatic carbocycles. The number of carbonyl (C=O) groups is 1. The zero-order valence-corrected chi connectivity index (χ0v) is 9.58. The number of aryl methyl sites for hydroxylation is 2. The van der Waals surface area contributed by atoms with Crippen LogP contribution in [0.4, 0.5) is 10.8 Å². The molecule has 16 heavy (non-hydrogen) atoms. The number of carboxylic acid groups (broad SMARTS) is 1. The van der Waals surface area contributed by atoms with Crippen molar-refractivity contribution in [1.29, 1.82) is 0 Å². The molecular formula is C9H10N4O2S. The van der Waals surface area contributed by atoms with Gasteiger partial charge in [0.1, 0.15) is 4.88 Å². The van der Waals surface area contributed by atoms with Gasteiger partial charge in [-0.1, -0.05) is 11.3 Å². The number of thiazole rings is 1. The summed E-state index contributed by atoms with van der Waals surface area (Å²) in [6.07, 6.45) is 3.44. The van der Waals surface area contributed by atoms with Gasteiger partial charge in [0.15, 0.2) is 5.13 Å². The minimum absolute atomic E-state index is 0.256. The molecule has 2 aromatic heterocycles. The van der Waals surface area contributed by atoms with Crippen molar-refractivity contribution in [2.75, 3.05) is 5.32 Å². The maximum absolute atomic E-state index is 10.8. The lowest BCUT2D eigenvalue weighted by molar-refractivity contribution is 0.0701. The Bertz CT molecular complexity index is 531. The maximum Gasteiger partial charge on any atom is 0.347 e. The third-order valence-corrected chi connectivity index (χ3v) is 3.01. The minimum Gasteiger partial charge on any atom is -0.477 e. The summed E-state index contributed by atoms with van der Waals surface area (Å²) in [5.41, 5.74) is 1.30. The number of anilines is 2. The van der Waals surface area contributed by atoms with E-state index in [2.05, 4.69) is 15.4 Å². The second kappa shape index (κ2) is 3.93. The Morgan fingerprint density at radius 2 is 2.38 bits per heavy atom. The van der Waals surface area contributed by atoms with E-state index >= 15 is 0 Å². The number of aromatic nitrogens is 3. The van der Waals surface area contributed by atoms with Gasteiger partial charge in [0.25, 0.3) is 0 Å². The summed E-state index contributed by atoms with van der Waals surface area (Å²) in [6, 6.07) is 0. The number of rotatable bonds is 3. The fraction of sp³-hybridized carbons (Fsp3) is 0.222. The van der Waals surface area contributed by atoms with E-state index in [0.29, 0.717) is 10.8 Å². The predicted octanol–water partition coefficient (Wildman–Crippen LogP) is 1.63. The lowest BCUT2D eigenvalue weighted by atomic mass is 10.4. The van der Waals surface area contributed by atoms with Gasteiger partial charge < -0.3 is 10.4 Å². The summed E-state index contributed by atoms with van der Waals surface area (Å²) in [4.78, 5) is 15.2. The summed E-state index contributed by atoms with van der Waals surface area (Å²) in [7, 11) is 1.81. The molecule has 0 aromatic carbocycles. The topological polar surface area (TPSA) is 80.0 Å². The lowest BCUT2D eigenvalue weighted by Gasteiger charge is -1.95. The van der Waals surface area contributed by atoms with Crippen molar-refractivity contribution in [3.05, 3.63) is 23.0 Å². The largest absolute Gasteiger partial charge is 0.477 e. The normalized spacial score (nSPS) is 10.4. The van der Waals surface area contributed by atoms with E-state index in [-0.39, 0.29) is 4.88 Å². The monoisotopic (exact) mass is 238 g/mol. The van der Waals surface area contributed by atoms with Crippen molar-refractivity contribution in [2.24, 2.45) is 7.05 Å². The summed E-state index contributed by atoms with van der Waals surface area (Å²) < 4.78 is 1.65. The first-order valence-corrected chi connectivity index (χ1v) is 5.34. The Hall–Kier alpha value is -1.89. The number of carboxylic acids is 1. The van der Waals surface area contributed by atoms with Crippen LogP contribution in [0.2, 0.25) is 0 Å². The molecule has 0 saturated carbocycles. The summed E-state index contributed by atoms with van der Waals surface area (Å²) in [5.74, 6) is -0.950. The highest BCUT2D eigenvalue weighted by Gasteiger charge is 2.14. The van der Waals surface area contributed by atoms with E-state index in [9.17, 15) is 4.79 Å². The highest BCUT2D eigenvalue weighted by Crippen LogP contribution is 2.25. The van der Waals surface area contributed by atoms with Gasteiger partial charge in [0.2, 0.25) is 0 Å². The molecule has 0 saturated heterocycles. The van der Waals surface area contributed by atoms with Gasteiger partial charge in [-0.05, 0) is 6.92 Å². The molecule has 84 valence electrons. The molecule has 2 aromatic rings. The van der Waals surface area contributed by atoms with Gasteiger partial charge in [0, 0.05) is 13.2 Å². The summed E-state index contributed by atoms with van der Waals surface area (Å²) in [6.45, 7) is 1.67. The Balaban J connectivity index is 2.22. The predicted molar refractivity (Wildman–Crippen MR) is 60.3 cm³/mol. The average Bonchev–Trinajstić information content (AvgIpc) is 2.73. The van der Waals surface area contributed by atoms with Gasteiger partial charge in [-0.25, -0.2) is 9.78 Å². The van der Waals surface area contributed by atoms with Gasteiger partial charge in [-0.3, -0.25) is 4.68 Å². The van der Waals surface area contributed by atoms with Crippen molar-refractivity contribution in [2.45, 2.75) is 6.92 Å². The Morgan fingerprint density at radius 1 is 1.62 bits per heavy atom. The van der Waals surface area contributed by atoms with Gasteiger partial charge in [0.05, 0.1) is 17.6 Å². The minimum atomic E-state index is -0.950. The highest BCUT2D eigenvalue weighted by atomic mass is 32.1. The first-order chi connectivity index (χ1) is 7.56. The number of nitrogens with zero attached hydrogens (tertiary/aromatic N) is 3. The van der Waals surface area contributed by atoms with Crippen LogP contribution in [-0.4, -0.2) is 25.8 Å².